The Morgan fingerprint density at radius 2 is 2.09 bits per heavy atom. The van der Waals surface area contributed by atoms with Crippen LogP contribution in [0.3, 0.4) is 0 Å². The SMILES string of the molecule is CC[C@H](O)[C@H]1C(=O)N2C(C(=O)O)=C(SC3CCNCC3)[C@H](C)[C@H]12. The van der Waals surface area contributed by atoms with Crippen molar-refractivity contribution in [3.05, 3.63) is 10.6 Å². The topological polar surface area (TPSA) is 89.9 Å². The van der Waals surface area contributed by atoms with Crippen molar-refractivity contribution in [2.75, 3.05) is 13.1 Å². The van der Waals surface area contributed by atoms with Gasteiger partial charge in [-0.05, 0) is 32.4 Å². The van der Waals surface area contributed by atoms with Crippen LogP contribution in [0.5, 0.6) is 0 Å². The smallest absolute Gasteiger partial charge is 0.353 e. The van der Waals surface area contributed by atoms with E-state index in [9.17, 15) is 19.8 Å². The molecule has 0 aromatic heterocycles. The highest BCUT2D eigenvalue weighted by Crippen LogP contribution is 2.52. The van der Waals surface area contributed by atoms with Gasteiger partial charge in [0.05, 0.1) is 18.1 Å². The van der Waals surface area contributed by atoms with Gasteiger partial charge >= 0.3 is 5.97 Å². The summed E-state index contributed by atoms with van der Waals surface area (Å²) in [7, 11) is 0. The minimum Gasteiger partial charge on any atom is -0.477 e. The zero-order valence-electron chi connectivity index (χ0n) is 13.5. The number of carbonyl (C=O) groups is 2. The van der Waals surface area contributed by atoms with Crippen LogP contribution >= 0.6 is 11.8 Å². The summed E-state index contributed by atoms with van der Waals surface area (Å²) in [6.07, 6.45) is 1.83. The van der Waals surface area contributed by atoms with E-state index in [0.29, 0.717) is 11.7 Å². The third-order valence-electron chi connectivity index (χ3n) is 5.20. The van der Waals surface area contributed by atoms with E-state index in [1.807, 2.05) is 13.8 Å². The summed E-state index contributed by atoms with van der Waals surface area (Å²) in [5, 5.41) is 23.4. The summed E-state index contributed by atoms with van der Waals surface area (Å²) in [6, 6.07) is -0.201. The molecule has 0 radical (unpaired) electrons. The number of carboxylic acid groups (broad SMARTS) is 1. The quantitative estimate of drug-likeness (QED) is 0.648. The summed E-state index contributed by atoms with van der Waals surface area (Å²) >= 11 is 1.63. The van der Waals surface area contributed by atoms with Crippen molar-refractivity contribution in [2.24, 2.45) is 11.8 Å². The fraction of sp³-hybridized carbons (Fsp3) is 0.750. The van der Waals surface area contributed by atoms with Gasteiger partial charge in [-0.15, -0.1) is 11.8 Å². The first-order valence-corrected chi connectivity index (χ1v) is 9.21. The molecule has 0 aromatic rings. The number of nitrogens with zero attached hydrogens (tertiary/aromatic N) is 1. The molecule has 3 aliphatic heterocycles. The van der Waals surface area contributed by atoms with Crippen LogP contribution in [0.4, 0.5) is 0 Å². The molecule has 3 N–H and O–H groups in total. The monoisotopic (exact) mass is 340 g/mol. The number of aliphatic carboxylic acids is 1. The molecule has 3 rings (SSSR count). The van der Waals surface area contributed by atoms with Crippen LogP contribution in [0.2, 0.25) is 0 Å². The number of rotatable bonds is 5. The van der Waals surface area contributed by atoms with Crippen molar-refractivity contribution >= 4 is 23.6 Å². The van der Waals surface area contributed by atoms with Gasteiger partial charge in [0, 0.05) is 16.1 Å². The van der Waals surface area contributed by atoms with Gasteiger partial charge in [-0.2, -0.15) is 0 Å². The minimum absolute atomic E-state index is 0.0233. The first kappa shape index (κ1) is 16.8. The van der Waals surface area contributed by atoms with Crippen molar-refractivity contribution in [1.82, 2.24) is 10.2 Å². The standard InChI is InChI=1S/C16H24N2O4S/c1-3-10(19)11-12-8(2)14(23-9-4-6-17-7-5-9)13(16(21)22)18(12)15(11)20/h8-12,17,19H,3-7H2,1-2H3,(H,21,22)/t8-,10+,11-,12-/m1/s1. The van der Waals surface area contributed by atoms with Crippen LogP contribution in [0.1, 0.15) is 33.1 Å². The molecule has 6 nitrogen and oxygen atoms in total. The van der Waals surface area contributed by atoms with Gasteiger partial charge in [0.2, 0.25) is 5.91 Å². The highest BCUT2D eigenvalue weighted by molar-refractivity contribution is 8.03. The molecular weight excluding hydrogens is 316 g/mol. The molecule has 128 valence electrons. The summed E-state index contributed by atoms with van der Waals surface area (Å²) in [5.41, 5.74) is 0.149. The number of nitrogens with one attached hydrogen (secondary N) is 1. The summed E-state index contributed by atoms with van der Waals surface area (Å²) in [6.45, 7) is 5.73. The highest BCUT2D eigenvalue weighted by atomic mass is 32.2. The Balaban J connectivity index is 1.85. The lowest BCUT2D eigenvalue weighted by molar-refractivity contribution is -0.164. The van der Waals surface area contributed by atoms with E-state index in [0.717, 1.165) is 30.8 Å². The molecule has 3 aliphatic rings. The second-order valence-electron chi connectivity index (χ2n) is 6.57. The van der Waals surface area contributed by atoms with E-state index in [1.54, 1.807) is 11.8 Å². The number of amides is 1. The first-order valence-electron chi connectivity index (χ1n) is 8.33. The molecule has 23 heavy (non-hydrogen) atoms. The van der Waals surface area contributed by atoms with Gasteiger partial charge in [0.25, 0.3) is 0 Å². The van der Waals surface area contributed by atoms with Crippen LogP contribution in [-0.4, -0.2) is 57.5 Å². The number of piperidine rings is 1. The van der Waals surface area contributed by atoms with E-state index < -0.39 is 18.0 Å². The number of aliphatic hydroxyl groups excluding tert-OH is 1. The summed E-state index contributed by atoms with van der Waals surface area (Å²) < 4.78 is 0. The van der Waals surface area contributed by atoms with Crippen molar-refractivity contribution in [3.63, 3.8) is 0 Å². The molecule has 0 aliphatic carbocycles. The van der Waals surface area contributed by atoms with E-state index in [-0.39, 0.29) is 23.6 Å². The fourth-order valence-corrected chi connectivity index (χ4v) is 5.41. The third-order valence-corrected chi connectivity index (χ3v) is 6.83. The van der Waals surface area contributed by atoms with Gasteiger partial charge in [-0.3, -0.25) is 4.79 Å². The zero-order chi connectivity index (χ0) is 16.7. The molecule has 0 saturated carbocycles. The number of aliphatic hydroxyl groups is 1. The van der Waals surface area contributed by atoms with Crippen molar-refractivity contribution in [3.8, 4) is 0 Å². The zero-order valence-corrected chi connectivity index (χ0v) is 14.3. The molecule has 0 bridgehead atoms. The Bertz CT molecular complexity index is 544. The number of carbonyl (C=O) groups excluding carboxylic acids is 1. The molecule has 2 fully saturated rings. The minimum atomic E-state index is -1.03. The molecule has 4 atom stereocenters. The second kappa shape index (κ2) is 6.45. The van der Waals surface area contributed by atoms with E-state index in [1.165, 1.54) is 4.90 Å². The Labute approximate surface area is 140 Å². The molecule has 1 amide bonds. The predicted octanol–water partition coefficient (Wildman–Crippen LogP) is 1.02. The lowest BCUT2D eigenvalue weighted by Gasteiger charge is -2.46. The van der Waals surface area contributed by atoms with Crippen LogP contribution in [0.15, 0.2) is 10.6 Å². The average molecular weight is 340 g/mol. The molecule has 0 spiro atoms. The molecule has 7 heteroatoms. The number of hydrogen-bond acceptors (Lipinski definition) is 5. The average Bonchev–Trinajstić information content (AvgIpc) is 2.78. The van der Waals surface area contributed by atoms with E-state index in [4.69, 9.17) is 0 Å². The van der Waals surface area contributed by atoms with Gasteiger partial charge in [-0.1, -0.05) is 13.8 Å². The Morgan fingerprint density at radius 3 is 2.65 bits per heavy atom. The van der Waals surface area contributed by atoms with E-state index >= 15 is 0 Å². The molecule has 2 saturated heterocycles. The third kappa shape index (κ3) is 2.68. The number of thioether (sulfide) groups is 1. The van der Waals surface area contributed by atoms with Gasteiger partial charge in [-0.25, -0.2) is 4.79 Å². The predicted molar refractivity (Wildman–Crippen MR) is 87.7 cm³/mol. The lowest BCUT2D eigenvalue weighted by atomic mass is 9.78. The molecule has 0 unspecified atom stereocenters. The number of β-lactam (4-membered cyclic amide) rings is 1. The van der Waals surface area contributed by atoms with Crippen molar-refractivity contribution in [1.29, 1.82) is 0 Å². The van der Waals surface area contributed by atoms with Crippen LogP contribution in [0.25, 0.3) is 0 Å². The van der Waals surface area contributed by atoms with Crippen LogP contribution in [0, 0.1) is 11.8 Å². The van der Waals surface area contributed by atoms with Crippen molar-refractivity contribution in [2.45, 2.75) is 50.5 Å². The number of fused-ring (bicyclic) bond motifs is 1. The van der Waals surface area contributed by atoms with E-state index in [2.05, 4.69) is 5.32 Å². The maximum Gasteiger partial charge on any atom is 0.353 e. The first-order chi connectivity index (χ1) is 11.0. The van der Waals surface area contributed by atoms with Crippen LogP contribution in [-0.2, 0) is 9.59 Å². The summed E-state index contributed by atoms with van der Waals surface area (Å²) in [4.78, 5) is 26.4. The summed E-state index contributed by atoms with van der Waals surface area (Å²) in [5.74, 6) is -1.76. The van der Waals surface area contributed by atoms with Gasteiger partial charge < -0.3 is 20.4 Å². The van der Waals surface area contributed by atoms with Crippen molar-refractivity contribution < 1.29 is 19.8 Å². The number of hydrogen-bond donors (Lipinski definition) is 3. The van der Waals surface area contributed by atoms with Crippen LogP contribution < -0.4 is 5.32 Å². The molecule has 0 aromatic carbocycles. The maximum absolute atomic E-state index is 12.4. The Morgan fingerprint density at radius 1 is 1.43 bits per heavy atom. The lowest BCUT2D eigenvalue weighted by Crippen LogP contribution is -2.64. The second-order valence-corrected chi connectivity index (χ2v) is 7.92. The maximum atomic E-state index is 12.4. The Hall–Kier alpha value is -1.05. The normalized spacial score (nSPS) is 32.7. The molecular formula is C16H24N2O4S. The largest absolute Gasteiger partial charge is 0.477 e. The highest BCUT2D eigenvalue weighted by Gasteiger charge is 2.60. The molecule has 3 heterocycles. The Kier molecular flexibility index (Phi) is 4.71. The van der Waals surface area contributed by atoms with Gasteiger partial charge in [0.1, 0.15) is 5.70 Å². The number of carboxylic acids is 1. The van der Waals surface area contributed by atoms with Gasteiger partial charge in [0.15, 0.2) is 0 Å². The fourth-order valence-electron chi connectivity index (χ4n) is 3.93.